The third-order valence-electron chi connectivity index (χ3n) is 3.77. The number of furan rings is 1. The van der Waals surface area contributed by atoms with E-state index in [1.54, 1.807) is 6.26 Å². The molecule has 0 radical (unpaired) electrons. The van der Waals surface area contributed by atoms with Crippen molar-refractivity contribution in [3.8, 4) is 11.3 Å². The van der Waals surface area contributed by atoms with Gasteiger partial charge in [0.2, 0.25) is 0 Å². The van der Waals surface area contributed by atoms with Gasteiger partial charge in [0.15, 0.2) is 0 Å². The zero-order chi connectivity index (χ0) is 14.2. The van der Waals surface area contributed by atoms with Crippen molar-refractivity contribution in [3.05, 3.63) is 60.5 Å². The highest BCUT2D eigenvalue weighted by Crippen LogP contribution is 2.31. The Morgan fingerprint density at radius 2 is 1.95 bits per heavy atom. The van der Waals surface area contributed by atoms with Gasteiger partial charge in [-0.05, 0) is 25.1 Å². The van der Waals surface area contributed by atoms with Crippen molar-refractivity contribution in [1.82, 2.24) is 9.61 Å². The molecule has 0 spiro atoms. The Bertz CT molecular complexity index is 906. The van der Waals surface area contributed by atoms with Crippen LogP contribution in [0.2, 0.25) is 0 Å². The molecule has 3 aromatic heterocycles. The third kappa shape index (κ3) is 1.84. The van der Waals surface area contributed by atoms with Crippen molar-refractivity contribution in [1.29, 1.82) is 0 Å². The largest absolute Gasteiger partial charge is 0.464 e. The highest BCUT2D eigenvalue weighted by atomic mass is 16.3. The molecule has 3 heterocycles. The number of aromatic nitrogens is 2. The van der Waals surface area contributed by atoms with Gasteiger partial charge in [0.1, 0.15) is 5.58 Å². The molecule has 4 rings (SSSR count). The molecule has 0 amide bonds. The van der Waals surface area contributed by atoms with E-state index in [0.29, 0.717) is 6.54 Å². The van der Waals surface area contributed by atoms with Gasteiger partial charge in [-0.3, -0.25) is 0 Å². The molecule has 1 aromatic carbocycles. The molecular weight excluding hydrogens is 262 g/mol. The molecule has 0 fully saturated rings. The van der Waals surface area contributed by atoms with E-state index in [9.17, 15) is 0 Å². The number of rotatable bonds is 3. The Morgan fingerprint density at radius 3 is 2.76 bits per heavy atom. The van der Waals surface area contributed by atoms with Crippen molar-refractivity contribution in [2.75, 3.05) is 6.54 Å². The molecule has 4 aromatic rings. The van der Waals surface area contributed by atoms with Crippen LogP contribution < -0.4 is 5.73 Å². The second-order valence-corrected chi connectivity index (χ2v) is 5.04. The molecule has 0 unspecified atom stereocenters. The van der Waals surface area contributed by atoms with Crippen LogP contribution >= 0.6 is 0 Å². The Morgan fingerprint density at radius 1 is 1.10 bits per heavy atom. The maximum atomic E-state index is 5.82. The van der Waals surface area contributed by atoms with Gasteiger partial charge >= 0.3 is 0 Å². The summed E-state index contributed by atoms with van der Waals surface area (Å²) in [6, 6.07) is 14.1. The minimum atomic E-state index is 0.593. The number of hydrogen-bond donors (Lipinski definition) is 1. The summed E-state index contributed by atoms with van der Waals surface area (Å²) >= 11 is 0. The molecule has 0 aliphatic heterocycles. The lowest BCUT2D eigenvalue weighted by Crippen LogP contribution is -2.03. The van der Waals surface area contributed by atoms with Gasteiger partial charge in [0.05, 0.1) is 17.5 Å². The molecule has 104 valence electrons. The monoisotopic (exact) mass is 277 g/mol. The van der Waals surface area contributed by atoms with Crippen LogP contribution in [0, 0.1) is 0 Å². The maximum absolute atomic E-state index is 5.82. The highest BCUT2D eigenvalue weighted by molar-refractivity contribution is 5.96. The Hall–Kier alpha value is -2.59. The van der Waals surface area contributed by atoms with Crippen LogP contribution in [-0.2, 0) is 6.42 Å². The number of nitrogens with two attached hydrogens (primary N) is 1. The average Bonchev–Trinajstić information content (AvgIpc) is 3.12. The molecule has 0 saturated heterocycles. The predicted molar refractivity (Wildman–Crippen MR) is 83.2 cm³/mol. The summed E-state index contributed by atoms with van der Waals surface area (Å²) in [5.74, 6) is 0. The normalized spacial score (nSPS) is 11.5. The SMILES string of the molecule is NCCc1c(-c2ccccc2)nn2ccc3occc3c12. The fourth-order valence-electron chi connectivity index (χ4n) is 2.86. The molecule has 21 heavy (non-hydrogen) atoms. The molecule has 4 heteroatoms. The van der Waals surface area contributed by atoms with E-state index in [1.165, 1.54) is 5.56 Å². The maximum Gasteiger partial charge on any atom is 0.137 e. The Balaban J connectivity index is 2.09. The number of nitrogens with zero attached hydrogens (tertiary/aromatic N) is 2. The molecule has 0 bridgehead atoms. The summed E-state index contributed by atoms with van der Waals surface area (Å²) in [4.78, 5) is 0. The van der Waals surface area contributed by atoms with Gasteiger partial charge < -0.3 is 10.2 Å². The number of fused-ring (bicyclic) bond motifs is 3. The van der Waals surface area contributed by atoms with E-state index in [1.807, 2.05) is 41.0 Å². The van der Waals surface area contributed by atoms with E-state index >= 15 is 0 Å². The van der Waals surface area contributed by atoms with Gasteiger partial charge in [-0.1, -0.05) is 30.3 Å². The zero-order valence-electron chi connectivity index (χ0n) is 11.5. The van der Waals surface area contributed by atoms with E-state index in [-0.39, 0.29) is 0 Å². The fraction of sp³-hybridized carbons (Fsp3) is 0.118. The summed E-state index contributed by atoms with van der Waals surface area (Å²) in [6.45, 7) is 0.593. The smallest absolute Gasteiger partial charge is 0.137 e. The molecule has 0 saturated carbocycles. The predicted octanol–water partition coefficient (Wildman–Crippen LogP) is 3.25. The molecular formula is C17H15N3O. The minimum Gasteiger partial charge on any atom is -0.464 e. The molecule has 0 atom stereocenters. The van der Waals surface area contributed by atoms with Crippen LogP contribution in [0.5, 0.6) is 0 Å². The lowest BCUT2D eigenvalue weighted by atomic mass is 10.0. The first-order chi connectivity index (χ1) is 10.4. The van der Waals surface area contributed by atoms with Crippen molar-refractivity contribution in [2.45, 2.75) is 6.42 Å². The second kappa shape index (κ2) is 4.75. The van der Waals surface area contributed by atoms with E-state index in [4.69, 9.17) is 15.2 Å². The van der Waals surface area contributed by atoms with Crippen molar-refractivity contribution in [3.63, 3.8) is 0 Å². The van der Waals surface area contributed by atoms with Gasteiger partial charge in [0, 0.05) is 22.7 Å². The number of pyridine rings is 1. The Labute approximate surface area is 121 Å². The van der Waals surface area contributed by atoms with Crippen molar-refractivity contribution < 1.29 is 4.42 Å². The minimum absolute atomic E-state index is 0.593. The van der Waals surface area contributed by atoms with Gasteiger partial charge in [-0.25, -0.2) is 4.52 Å². The highest BCUT2D eigenvalue weighted by Gasteiger charge is 2.16. The lowest BCUT2D eigenvalue weighted by Gasteiger charge is -2.02. The first kappa shape index (κ1) is 12.2. The summed E-state index contributed by atoms with van der Waals surface area (Å²) in [5.41, 5.74) is 11.1. The van der Waals surface area contributed by atoms with Gasteiger partial charge in [-0.15, -0.1) is 0 Å². The third-order valence-corrected chi connectivity index (χ3v) is 3.77. The average molecular weight is 277 g/mol. The zero-order valence-corrected chi connectivity index (χ0v) is 11.5. The summed E-state index contributed by atoms with van der Waals surface area (Å²) in [7, 11) is 0. The molecule has 2 N–H and O–H groups in total. The van der Waals surface area contributed by atoms with Gasteiger partial charge in [0.25, 0.3) is 0 Å². The van der Waals surface area contributed by atoms with Crippen LogP contribution in [0.25, 0.3) is 27.7 Å². The van der Waals surface area contributed by atoms with Crippen LogP contribution in [0.1, 0.15) is 5.56 Å². The fourth-order valence-corrected chi connectivity index (χ4v) is 2.86. The first-order valence-corrected chi connectivity index (χ1v) is 7.01. The summed E-state index contributed by atoms with van der Waals surface area (Å²) in [6.07, 6.45) is 4.44. The van der Waals surface area contributed by atoms with E-state index in [0.717, 1.165) is 34.2 Å². The summed E-state index contributed by atoms with van der Waals surface area (Å²) < 4.78 is 7.42. The van der Waals surface area contributed by atoms with E-state index in [2.05, 4.69) is 12.1 Å². The quantitative estimate of drug-likeness (QED) is 0.625. The number of benzene rings is 1. The van der Waals surface area contributed by atoms with E-state index < -0.39 is 0 Å². The summed E-state index contributed by atoms with van der Waals surface area (Å²) in [5, 5.41) is 5.83. The van der Waals surface area contributed by atoms with Crippen LogP contribution in [0.15, 0.2) is 59.3 Å². The molecule has 0 aliphatic carbocycles. The Kier molecular flexibility index (Phi) is 2.75. The van der Waals surface area contributed by atoms with Crippen LogP contribution in [0.3, 0.4) is 0 Å². The van der Waals surface area contributed by atoms with Crippen molar-refractivity contribution in [2.24, 2.45) is 5.73 Å². The molecule has 4 nitrogen and oxygen atoms in total. The molecule has 0 aliphatic rings. The first-order valence-electron chi connectivity index (χ1n) is 7.01. The van der Waals surface area contributed by atoms with Crippen LogP contribution in [-0.4, -0.2) is 16.2 Å². The standard InChI is InChI=1S/C17H15N3O/c18-9-6-14-16(12-4-2-1-3-5-12)19-20-10-7-15-13(17(14)20)8-11-21-15/h1-5,7-8,10-11H,6,9,18H2. The second-order valence-electron chi connectivity index (χ2n) is 5.04. The van der Waals surface area contributed by atoms with Crippen LogP contribution in [0.4, 0.5) is 0 Å². The van der Waals surface area contributed by atoms with Gasteiger partial charge in [-0.2, -0.15) is 5.10 Å². The topological polar surface area (TPSA) is 56.5 Å². The number of hydrogen-bond acceptors (Lipinski definition) is 3. The van der Waals surface area contributed by atoms with Crippen molar-refractivity contribution >= 4 is 16.5 Å². The lowest BCUT2D eigenvalue weighted by molar-refractivity contribution is 0.615.